The largest absolute Gasteiger partial charge is 0.392 e. The first kappa shape index (κ1) is 12.0. The van der Waals surface area contributed by atoms with Crippen LogP contribution in [-0.4, -0.2) is 47.1 Å². The topological polar surface area (TPSA) is 69.6 Å². The zero-order valence-electron chi connectivity index (χ0n) is 9.36. The van der Waals surface area contributed by atoms with Crippen LogP contribution in [0.1, 0.15) is 20.8 Å². The Balaban J connectivity index is 2.83. The molecule has 0 saturated carbocycles. The quantitative estimate of drug-likeness (QED) is 0.656. The lowest BCUT2D eigenvalue weighted by Crippen LogP contribution is -2.61. The first-order valence-corrected chi connectivity index (χ1v) is 5.18. The molecular weight excluding hydrogens is 196 g/mol. The van der Waals surface area contributed by atoms with E-state index >= 15 is 0 Å². The van der Waals surface area contributed by atoms with Crippen molar-refractivity contribution in [1.29, 1.82) is 0 Å². The van der Waals surface area contributed by atoms with Gasteiger partial charge in [0.2, 0.25) is 11.8 Å². The first-order valence-electron chi connectivity index (χ1n) is 5.18. The number of carbonyl (C=O) groups excluding carboxylic acids is 2. The Morgan fingerprint density at radius 1 is 1.47 bits per heavy atom. The third-order valence-electron chi connectivity index (χ3n) is 2.43. The Morgan fingerprint density at radius 3 is 2.53 bits per heavy atom. The van der Waals surface area contributed by atoms with Gasteiger partial charge in [-0.25, -0.2) is 0 Å². The van der Waals surface area contributed by atoms with Crippen LogP contribution in [0.15, 0.2) is 0 Å². The highest BCUT2D eigenvalue weighted by atomic mass is 16.3. The Kier molecular flexibility index (Phi) is 3.68. The monoisotopic (exact) mass is 214 g/mol. The molecule has 1 aliphatic heterocycles. The maximum absolute atomic E-state index is 11.6. The molecule has 0 aromatic heterocycles. The average Bonchev–Trinajstić information content (AvgIpc) is 2.10. The summed E-state index contributed by atoms with van der Waals surface area (Å²) in [5, 5.41) is 11.8. The number of nitrogens with zero attached hydrogens (tertiary/aromatic N) is 1. The summed E-state index contributed by atoms with van der Waals surface area (Å²) in [6.07, 6.45) is -0.610. The van der Waals surface area contributed by atoms with Crippen molar-refractivity contribution >= 4 is 11.8 Å². The number of carbonyl (C=O) groups is 2. The van der Waals surface area contributed by atoms with Crippen molar-refractivity contribution in [3.8, 4) is 0 Å². The predicted octanol–water partition coefficient (Wildman–Crippen LogP) is -0.650. The second kappa shape index (κ2) is 4.61. The van der Waals surface area contributed by atoms with E-state index in [1.54, 1.807) is 6.92 Å². The maximum atomic E-state index is 11.6. The smallest absolute Gasteiger partial charge is 0.243 e. The van der Waals surface area contributed by atoms with E-state index in [9.17, 15) is 14.7 Å². The van der Waals surface area contributed by atoms with Gasteiger partial charge >= 0.3 is 0 Å². The van der Waals surface area contributed by atoms with Crippen LogP contribution < -0.4 is 5.32 Å². The number of aliphatic hydroxyl groups excluding tert-OH is 1. The van der Waals surface area contributed by atoms with E-state index in [2.05, 4.69) is 5.32 Å². The van der Waals surface area contributed by atoms with Crippen molar-refractivity contribution in [2.75, 3.05) is 13.1 Å². The molecule has 0 spiro atoms. The van der Waals surface area contributed by atoms with Crippen LogP contribution in [0.25, 0.3) is 0 Å². The molecule has 0 aromatic rings. The fourth-order valence-electron chi connectivity index (χ4n) is 1.83. The van der Waals surface area contributed by atoms with Crippen LogP contribution in [0.4, 0.5) is 0 Å². The van der Waals surface area contributed by atoms with Crippen LogP contribution in [-0.2, 0) is 9.59 Å². The van der Waals surface area contributed by atoms with Gasteiger partial charge in [0, 0.05) is 6.54 Å². The van der Waals surface area contributed by atoms with Crippen LogP contribution in [0.3, 0.4) is 0 Å². The Bertz CT molecular complexity index is 263. The lowest BCUT2D eigenvalue weighted by atomic mass is 9.99. The summed E-state index contributed by atoms with van der Waals surface area (Å²) < 4.78 is 0. The second-order valence-electron chi connectivity index (χ2n) is 4.30. The highest BCUT2D eigenvalue weighted by Gasteiger charge is 2.36. The van der Waals surface area contributed by atoms with Crippen molar-refractivity contribution in [3.63, 3.8) is 0 Å². The van der Waals surface area contributed by atoms with Crippen molar-refractivity contribution < 1.29 is 14.7 Å². The van der Waals surface area contributed by atoms with E-state index < -0.39 is 12.1 Å². The normalized spacial score (nSPS) is 24.3. The molecule has 86 valence electrons. The molecule has 5 nitrogen and oxygen atoms in total. The minimum atomic E-state index is -0.610. The summed E-state index contributed by atoms with van der Waals surface area (Å²) in [6.45, 7) is 5.64. The zero-order chi connectivity index (χ0) is 11.6. The maximum Gasteiger partial charge on any atom is 0.243 e. The summed E-state index contributed by atoms with van der Waals surface area (Å²) in [5.74, 6) is -0.215. The number of rotatable bonds is 3. The van der Waals surface area contributed by atoms with Gasteiger partial charge in [0.05, 0.1) is 12.6 Å². The van der Waals surface area contributed by atoms with Crippen molar-refractivity contribution in [2.45, 2.75) is 32.9 Å². The van der Waals surface area contributed by atoms with Crippen molar-refractivity contribution in [2.24, 2.45) is 5.92 Å². The zero-order valence-corrected chi connectivity index (χ0v) is 9.36. The number of piperazine rings is 1. The summed E-state index contributed by atoms with van der Waals surface area (Å²) in [7, 11) is 0. The number of aliphatic hydroxyl groups is 1. The summed E-state index contributed by atoms with van der Waals surface area (Å²) in [4.78, 5) is 24.6. The van der Waals surface area contributed by atoms with Crippen LogP contribution in [0, 0.1) is 5.92 Å². The van der Waals surface area contributed by atoms with Crippen LogP contribution >= 0.6 is 0 Å². The fraction of sp³-hybridized carbons (Fsp3) is 0.800. The molecule has 2 amide bonds. The molecule has 15 heavy (non-hydrogen) atoms. The molecule has 0 radical (unpaired) electrons. The molecule has 0 aromatic carbocycles. The first-order chi connectivity index (χ1) is 6.93. The number of β-amino-alcohol motifs (C(OH)–C–C–N with tert-alkyl or cyclic N) is 1. The van der Waals surface area contributed by atoms with Crippen molar-refractivity contribution in [3.05, 3.63) is 0 Å². The highest BCUT2D eigenvalue weighted by Crippen LogP contribution is 2.15. The van der Waals surface area contributed by atoms with Crippen molar-refractivity contribution in [1.82, 2.24) is 10.2 Å². The van der Waals surface area contributed by atoms with Gasteiger partial charge in [0.25, 0.3) is 0 Å². The average molecular weight is 214 g/mol. The third-order valence-corrected chi connectivity index (χ3v) is 2.43. The molecule has 2 N–H and O–H groups in total. The number of hydrogen-bond acceptors (Lipinski definition) is 3. The molecule has 1 rings (SSSR count). The van der Waals surface area contributed by atoms with Crippen LogP contribution in [0.2, 0.25) is 0 Å². The predicted molar refractivity (Wildman–Crippen MR) is 55.0 cm³/mol. The second-order valence-corrected chi connectivity index (χ2v) is 4.30. The molecule has 5 heteroatoms. The summed E-state index contributed by atoms with van der Waals surface area (Å²) in [6, 6.07) is -0.458. The molecule has 2 atom stereocenters. The van der Waals surface area contributed by atoms with Gasteiger partial charge in [-0.15, -0.1) is 0 Å². The van der Waals surface area contributed by atoms with Gasteiger partial charge in [0.1, 0.15) is 6.04 Å². The summed E-state index contributed by atoms with van der Waals surface area (Å²) in [5.41, 5.74) is 0. The molecule has 0 bridgehead atoms. The summed E-state index contributed by atoms with van der Waals surface area (Å²) >= 11 is 0. The molecule has 2 unspecified atom stereocenters. The molecular formula is C10H18N2O3. The molecule has 1 aliphatic rings. The minimum absolute atomic E-state index is 0.0365. The van der Waals surface area contributed by atoms with Gasteiger partial charge in [-0.2, -0.15) is 0 Å². The van der Waals surface area contributed by atoms with Gasteiger partial charge < -0.3 is 15.3 Å². The molecule has 0 aliphatic carbocycles. The van der Waals surface area contributed by atoms with E-state index in [0.717, 1.165) is 0 Å². The van der Waals surface area contributed by atoms with Gasteiger partial charge in [-0.05, 0) is 12.8 Å². The van der Waals surface area contributed by atoms with Gasteiger partial charge in [0.15, 0.2) is 0 Å². The molecule has 1 fully saturated rings. The van der Waals surface area contributed by atoms with E-state index in [0.29, 0.717) is 0 Å². The van der Waals surface area contributed by atoms with E-state index in [1.165, 1.54) is 4.90 Å². The lowest BCUT2D eigenvalue weighted by Gasteiger charge is -2.37. The van der Waals surface area contributed by atoms with Gasteiger partial charge in [-0.1, -0.05) is 13.8 Å². The lowest BCUT2D eigenvalue weighted by molar-refractivity contribution is -0.148. The standard InChI is InChI=1S/C10H18N2O3/c1-6(2)9-10(15)11-4-8(14)12(9)5-7(3)13/h6-7,9,13H,4-5H2,1-3H3,(H,11,15). The van der Waals surface area contributed by atoms with Gasteiger partial charge in [-0.3, -0.25) is 9.59 Å². The number of amides is 2. The van der Waals surface area contributed by atoms with E-state index in [-0.39, 0.29) is 30.8 Å². The van der Waals surface area contributed by atoms with E-state index in [1.807, 2.05) is 13.8 Å². The Labute approximate surface area is 89.4 Å². The number of nitrogens with one attached hydrogen (secondary N) is 1. The van der Waals surface area contributed by atoms with E-state index in [4.69, 9.17) is 0 Å². The SMILES string of the molecule is CC(O)CN1C(=O)CNC(=O)C1C(C)C. The fourth-order valence-corrected chi connectivity index (χ4v) is 1.83. The number of hydrogen-bond donors (Lipinski definition) is 2. The molecule has 1 saturated heterocycles. The minimum Gasteiger partial charge on any atom is -0.392 e. The Hall–Kier alpha value is -1.10. The molecule has 1 heterocycles. The Morgan fingerprint density at radius 2 is 2.07 bits per heavy atom. The highest BCUT2D eigenvalue weighted by molar-refractivity contribution is 5.94. The third kappa shape index (κ3) is 2.68. The van der Waals surface area contributed by atoms with Crippen LogP contribution in [0.5, 0.6) is 0 Å².